The molecule has 7 nitrogen and oxygen atoms in total. The quantitative estimate of drug-likeness (QED) is 0.423. The number of ether oxygens (including phenoxy) is 4. The van der Waals surface area contributed by atoms with Crippen LogP contribution in [0.1, 0.15) is 72.6 Å². The summed E-state index contributed by atoms with van der Waals surface area (Å²) in [6.07, 6.45) is 3.60. The molecule has 0 radical (unpaired) electrons. The van der Waals surface area contributed by atoms with Crippen LogP contribution in [0.3, 0.4) is 0 Å². The average Bonchev–Trinajstić information content (AvgIpc) is 3.11. The number of carbonyl (C=O) groups is 2. The third-order valence-corrected chi connectivity index (χ3v) is 7.37. The van der Waals surface area contributed by atoms with E-state index in [-0.39, 0.29) is 29.7 Å². The van der Waals surface area contributed by atoms with Gasteiger partial charge in [-0.25, -0.2) is 4.79 Å². The highest BCUT2D eigenvalue weighted by molar-refractivity contribution is 5.88. The second kappa shape index (κ2) is 8.24. The van der Waals surface area contributed by atoms with Crippen molar-refractivity contribution in [2.24, 2.45) is 5.92 Å². The minimum atomic E-state index is -1.07. The smallest absolute Gasteiger partial charge is 0.333 e. The zero-order chi connectivity index (χ0) is 22.3. The fourth-order valence-corrected chi connectivity index (χ4v) is 5.07. The molecular weight excluding hydrogens is 388 g/mol. The van der Waals surface area contributed by atoms with Crippen LogP contribution < -0.4 is 0 Å². The van der Waals surface area contributed by atoms with Crippen LogP contribution in [0.5, 0.6) is 0 Å². The van der Waals surface area contributed by atoms with Gasteiger partial charge in [0.1, 0.15) is 11.7 Å². The molecule has 7 atom stereocenters. The number of rotatable bonds is 3. The zero-order valence-electron chi connectivity index (χ0n) is 18.9. The third-order valence-electron chi connectivity index (χ3n) is 7.37. The maximum Gasteiger partial charge on any atom is 0.333 e. The maximum absolute atomic E-state index is 12.1. The average molecular weight is 425 g/mol. The van der Waals surface area contributed by atoms with E-state index in [1.54, 1.807) is 6.92 Å². The fraction of sp³-hybridized carbons (Fsp3) is 0.826. The minimum Gasteiger partial charge on any atom is -0.466 e. The summed E-state index contributed by atoms with van der Waals surface area (Å²) in [7, 11) is 1.35. The van der Waals surface area contributed by atoms with E-state index in [0.717, 1.165) is 0 Å². The van der Waals surface area contributed by atoms with Crippen molar-refractivity contribution in [1.29, 1.82) is 0 Å². The third kappa shape index (κ3) is 4.73. The number of methoxy groups -OCH3 is 1. The summed E-state index contributed by atoms with van der Waals surface area (Å²) in [6, 6.07) is 0. The van der Waals surface area contributed by atoms with Gasteiger partial charge in [0.05, 0.1) is 30.5 Å². The molecule has 1 N–H and O–H groups in total. The molecule has 0 spiro atoms. The molecule has 30 heavy (non-hydrogen) atoms. The highest BCUT2D eigenvalue weighted by atomic mass is 16.6. The molecule has 3 aliphatic heterocycles. The first-order valence-corrected chi connectivity index (χ1v) is 10.9. The highest BCUT2D eigenvalue weighted by Crippen LogP contribution is 2.49. The Kier molecular flexibility index (Phi) is 6.38. The molecule has 0 aromatic carbocycles. The number of epoxide rings is 1. The lowest BCUT2D eigenvalue weighted by molar-refractivity contribution is -0.184. The largest absolute Gasteiger partial charge is 0.466 e. The first-order valence-electron chi connectivity index (χ1n) is 10.9. The molecule has 0 aromatic heterocycles. The SMILES string of the molecule is C=C(C(=O)OC)[C@@H]1CC[C@@](C)(O)[C@@H]2CC[C@](C)(O2)[C@@H](OC(C)=O)CC[C@]2(C)O[C@@H]2C1. The molecule has 0 saturated carbocycles. The molecule has 3 heterocycles. The van der Waals surface area contributed by atoms with Gasteiger partial charge >= 0.3 is 11.9 Å². The van der Waals surface area contributed by atoms with Crippen LogP contribution in [0.2, 0.25) is 0 Å². The second-order valence-corrected chi connectivity index (χ2v) is 9.86. The van der Waals surface area contributed by atoms with Crippen molar-refractivity contribution in [3.05, 3.63) is 12.2 Å². The first-order chi connectivity index (χ1) is 13.9. The lowest BCUT2D eigenvalue weighted by atomic mass is 9.81. The molecule has 0 unspecified atom stereocenters. The lowest BCUT2D eigenvalue weighted by Crippen LogP contribution is -2.46. The normalized spacial score (nSPS) is 43.9. The predicted octanol–water partition coefficient (Wildman–Crippen LogP) is 3.07. The molecule has 2 bridgehead atoms. The number of aliphatic hydroxyl groups is 1. The fourth-order valence-electron chi connectivity index (χ4n) is 5.07. The van der Waals surface area contributed by atoms with Crippen LogP contribution in [0.15, 0.2) is 12.2 Å². The summed E-state index contributed by atoms with van der Waals surface area (Å²) < 4.78 is 22.9. The van der Waals surface area contributed by atoms with E-state index in [9.17, 15) is 14.7 Å². The van der Waals surface area contributed by atoms with Crippen molar-refractivity contribution >= 4 is 11.9 Å². The first kappa shape index (κ1) is 23.2. The number of esters is 2. The Morgan fingerprint density at radius 2 is 1.63 bits per heavy atom. The molecule has 3 rings (SSSR count). The van der Waals surface area contributed by atoms with Crippen molar-refractivity contribution in [2.75, 3.05) is 7.11 Å². The summed E-state index contributed by atoms with van der Waals surface area (Å²) in [5.41, 5.74) is -1.65. The van der Waals surface area contributed by atoms with Crippen molar-refractivity contribution in [2.45, 2.75) is 108 Å². The van der Waals surface area contributed by atoms with Gasteiger partial charge in [-0.2, -0.15) is 0 Å². The van der Waals surface area contributed by atoms with Crippen LogP contribution in [0.4, 0.5) is 0 Å². The van der Waals surface area contributed by atoms with E-state index < -0.39 is 23.3 Å². The van der Waals surface area contributed by atoms with Crippen LogP contribution in [-0.4, -0.2) is 59.3 Å². The van der Waals surface area contributed by atoms with E-state index in [2.05, 4.69) is 13.5 Å². The number of carbonyl (C=O) groups excluding carboxylic acids is 2. The van der Waals surface area contributed by atoms with Gasteiger partial charge in [-0.1, -0.05) is 6.58 Å². The minimum absolute atomic E-state index is 0.0153. The molecular formula is C23H36O7. The number of hydrogen-bond acceptors (Lipinski definition) is 7. The van der Waals surface area contributed by atoms with Gasteiger partial charge in [0.25, 0.3) is 0 Å². The summed E-state index contributed by atoms with van der Waals surface area (Å²) in [6.45, 7) is 11.2. The van der Waals surface area contributed by atoms with E-state index in [4.69, 9.17) is 18.9 Å². The van der Waals surface area contributed by atoms with Gasteiger partial charge in [0.15, 0.2) is 0 Å². The van der Waals surface area contributed by atoms with Crippen molar-refractivity contribution in [3.8, 4) is 0 Å². The van der Waals surface area contributed by atoms with E-state index in [1.165, 1.54) is 14.0 Å². The monoisotopic (exact) mass is 424 g/mol. The van der Waals surface area contributed by atoms with Crippen molar-refractivity contribution < 1.29 is 33.6 Å². The zero-order valence-corrected chi connectivity index (χ0v) is 18.9. The van der Waals surface area contributed by atoms with Gasteiger partial charge in [0, 0.05) is 12.5 Å². The molecule has 0 amide bonds. The molecule has 3 aliphatic rings. The molecule has 0 aliphatic carbocycles. The predicted molar refractivity (Wildman–Crippen MR) is 110 cm³/mol. The summed E-state index contributed by atoms with van der Waals surface area (Å²) >= 11 is 0. The Morgan fingerprint density at radius 3 is 2.27 bits per heavy atom. The van der Waals surface area contributed by atoms with E-state index in [1.807, 2.05) is 6.92 Å². The second-order valence-electron chi connectivity index (χ2n) is 9.86. The topological polar surface area (TPSA) is 94.6 Å². The van der Waals surface area contributed by atoms with Crippen molar-refractivity contribution in [1.82, 2.24) is 0 Å². The lowest BCUT2D eigenvalue weighted by Gasteiger charge is -2.37. The Balaban J connectivity index is 1.86. The molecule has 3 fully saturated rings. The van der Waals surface area contributed by atoms with Crippen LogP contribution in [0.25, 0.3) is 0 Å². The van der Waals surface area contributed by atoms with E-state index in [0.29, 0.717) is 50.5 Å². The van der Waals surface area contributed by atoms with Gasteiger partial charge in [-0.05, 0) is 71.6 Å². The Hall–Kier alpha value is -1.44. The molecule has 7 heteroatoms. The molecule has 0 aromatic rings. The standard InChI is InChI=1S/C23H36O7/c1-14(20(25)27-6)16-7-10-21(3,26)17-8-11-22(4,29-17)18(28-15(2)24)9-12-23(5)19(13-16)30-23/h16-19,26H,1,7-13H2,2-6H3/t16-,17+,18+,19-,21-,22+,23+/m1/s1. The van der Waals surface area contributed by atoms with Gasteiger partial charge in [0.2, 0.25) is 0 Å². The summed E-state index contributed by atoms with van der Waals surface area (Å²) in [4.78, 5) is 23.9. The van der Waals surface area contributed by atoms with Crippen LogP contribution in [0, 0.1) is 5.92 Å². The molecule has 3 saturated heterocycles. The Labute approximate surface area is 179 Å². The van der Waals surface area contributed by atoms with E-state index >= 15 is 0 Å². The highest BCUT2D eigenvalue weighted by Gasteiger charge is 2.56. The van der Waals surface area contributed by atoms with Gasteiger partial charge in [-0.3, -0.25) is 4.79 Å². The summed E-state index contributed by atoms with van der Waals surface area (Å²) in [5.74, 6) is -0.906. The van der Waals surface area contributed by atoms with Crippen LogP contribution in [-0.2, 0) is 28.5 Å². The number of hydrogen-bond donors (Lipinski definition) is 1. The Morgan fingerprint density at radius 1 is 1.00 bits per heavy atom. The Bertz CT molecular complexity index is 702. The van der Waals surface area contributed by atoms with Gasteiger partial charge < -0.3 is 24.1 Å². The van der Waals surface area contributed by atoms with Crippen LogP contribution >= 0.6 is 0 Å². The van der Waals surface area contributed by atoms with Gasteiger partial charge in [-0.15, -0.1) is 0 Å². The van der Waals surface area contributed by atoms with Crippen molar-refractivity contribution in [3.63, 3.8) is 0 Å². The molecule has 170 valence electrons. The number of fused-ring (bicyclic) bond motifs is 3. The summed E-state index contributed by atoms with van der Waals surface area (Å²) in [5, 5.41) is 11.2. The maximum atomic E-state index is 12.1.